The molecule has 1 aliphatic rings. The van der Waals surface area contributed by atoms with Crippen LogP contribution in [0.25, 0.3) is 0 Å². The lowest BCUT2D eigenvalue weighted by atomic mass is 9.69. The molecular weight excluding hydrogens is 226 g/mol. The van der Waals surface area contributed by atoms with Crippen molar-refractivity contribution in [3.8, 4) is 0 Å². The summed E-state index contributed by atoms with van der Waals surface area (Å²) in [5.74, 6) is -0.512. The maximum atomic E-state index is 11.7. The van der Waals surface area contributed by atoms with Gasteiger partial charge < -0.3 is 10.4 Å². The number of hydrogen-bond donors (Lipinski definition) is 2. The van der Waals surface area contributed by atoms with Crippen molar-refractivity contribution < 1.29 is 9.90 Å². The van der Waals surface area contributed by atoms with Crippen LogP contribution in [0.15, 0.2) is 0 Å². The molecular formula is C15H29NO2. The highest BCUT2D eigenvalue weighted by Gasteiger charge is 2.45. The molecule has 0 amide bonds. The third kappa shape index (κ3) is 3.05. The predicted molar refractivity (Wildman–Crippen MR) is 74.7 cm³/mol. The van der Waals surface area contributed by atoms with Crippen LogP contribution >= 0.6 is 0 Å². The minimum absolute atomic E-state index is 0.0306. The lowest BCUT2D eigenvalue weighted by Crippen LogP contribution is -2.54. The van der Waals surface area contributed by atoms with E-state index in [9.17, 15) is 9.90 Å². The van der Waals surface area contributed by atoms with E-state index in [1.54, 1.807) is 0 Å². The lowest BCUT2D eigenvalue weighted by Gasteiger charge is -2.41. The molecule has 1 rings (SSSR count). The van der Waals surface area contributed by atoms with Crippen LogP contribution in [0.5, 0.6) is 0 Å². The first-order valence-electron chi connectivity index (χ1n) is 7.44. The zero-order valence-electron chi connectivity index (χ0n) is 12.3. The number of carboxylic acids is 1. The van der Waals surface area contributed by atoms with Gasteiger partial charge in [-0.25, -0.2) is 0 Å². The Morgan fingerprint density at radius 2 is 1.83 bits per heavy atom. The summed E-state index contributed by atoms with van der Waals surface area (Å²) >= 11 is 0. The maximum Gasteiger partial charge on any atom is 0.311 e. The molecule has 0 aliphatic heterocycles. The van der Waals surface area contributed by atoms with Crippen molar-refractivity contribution in [2.75, 3.05) is 0 Å². The molecule has 0 aromatic rings. The Kier molecular flexibility index (Phi) is 5.64. The highest BCUT2D eigenvalue weighted by molar-refractivity contribution is 5.76. The second kappa shape index (κ2) is 6.55. The van der Waals surface area contributed by atoms with Crippen molar-refractivity contribution >= 4 is 5.97 Å². The largest absolute Gasteiger partial charge is 0.481 e. The van der Waals surface area contributed by atoms with Gasteiger partial charge in [0.1, 0.15) is 0 Å². The average Bonchev–Trinajstić information content (AvgIpc) is 2.30. The molecule has 2 atom stereocenters. The van der Waals surface area contributed by atoms with E-state index in [0.717, 1.165) is 0 Å². The molecule has 0 saturated heterocycles. The Bertz CT molecular complexity index is 272. The molecule has 0 radical (unpaired) electrons. The van der Waals surface area contributed by atoms with Gasteiger partial charge in [-0.3, -0.25) is 4.79 Å². The smallest absolute Gasteiger partial charge is 0.311 e. The van der Waals surface area contributed by atoms with Gasteiger partial charge in [-0.1, -0.05) is 40.0 Å². The van der Waals surface area contributed by atoms with E-state index >= 15 is 0 Å². The van der Waals surface area contributed by atoms with Gasteiger partial charge in [0.15, 0.2) is 0 Å². The molecule has 2 unspecified atom stereocenters. The van der Waals surface area contributed by atoms with Gasteiger partial charge in [-0.2, -0.15) is 0 Å². The molecule has 0 aromatic heterocycles. The third-order valence-corrected chi connectivity index (χ3v) is 4.88. The molecule has 3 heteroatoms. The first-order chi connectivity index (χ1) is 8.45. The van der Waals surface area contributed by atoms with Crippen molar-refractivity contribution in [2.45, 2.75) is 78.3 Å². The molecule has 106 valence electrons. The van der Waals surface area contributed by atoms with E-state index in [1.807, 2.05) is 27.7 Å². The van der Waals surface area contributed by atoms with Crippen molar-refractivity contribution in [1.82, 2.24) is 5.32 Å². The number of nitrogens with one attached hydrogen (secondary N) is 1. The second-order valence-corrected chi connectivity index (χ2v) is 6.08. The summed E-state index contributed by atoms with van der Waals surface area (Å²) in [4.78, 5) is 11.7. The molecule has 0 aromatic carbocycles. The topological polar surface area (TPSA) is 49.3 Å². The van der Waals surface area contributed by atoms with Crippen molar-refractivity contribution in [3.63, 3.8) is 0 Å². The molecule has 1 aliphatic carbocycles. The number of aliphatic carboxylic acids is 1. The van der Waals surface area contributed by atoms with E-state index in [4.69, 9.17) is 0 Å². The Balaban J connectivity index is 2.75. The van der Waals surface area contributed by atoms with Gasteiger partial charge in [0, 0.05) is 12.1 Å². The molecule has 18 heavy (non-hydrogen) atoms. The predicted octanol–water partition coefficient (Wildman–Crippen LogP) is 3.43. The Labute approximate surface area is 111 Å². The molecule has 0 spiro atoms. The Hall–Kier alpha value is -0.570. The van der Waals surface area contributed by atoms with Crippen LogP contribution in [0.1, 0.15) is 66.2 Å². The van der Waals surface area contributed by atoms with Crippen LogP contribution in [0.2, 0.25) is 0 Å². The van der Waals surface area contributed by atoms with Crippen molar-refractivity contribution in [3.05, 3.63) is 0 Å². The van der Waals surface area contributed by atoms with E-state index in [0.29, 0.717) is 12.5 Å². The summed E-state index contributed by atoms with van der Waals surface area (Å²) in [6, 6.07) is 0.542. The van der Waals surface area contributed by atoms with Crippen LogP contribution < -0.4 is 5.32 Å². The van der Waals surface area contributed by atoms with E-state index in [1.165, 1.54) is 32.1 Å². The Morgan fingerprint density at radius 1 is 1.28 bits per heavy atom. The van der Waals surface area contributed by atoms with Crippen molar-refractivity contribution in [1.29, 1.82) is 0 Å². The quantitative estimate of drug-likeness (QED) is 0.764. The number of carbonyl (C=O) groups is 1. The Morgan fingerprint density at radius 3 is 2.22 bits per heavy atom. The van der Waals surface area contributed by atoms with Crippen LogP contribution in [0.3, 0.4) is 0 Å². The second-order valence-electron chi connectivity index (χ2n) is 6.08. The summed E-state index contributed by atoms with van der Waals surface area (Å²) in [5, 5.41) is 13.2. The van der Waals surface area contributed by atoms with Crippen LogP contribution in [-0.4, -0.2) is 23.2 Å². The number of rotatable bonds is 6. The van der Waals surface area contributed by atoms with E-state index in [-0.39, 0.29) is 12.0 Å². The first kappa shape index (κ1) is 15.5. The summed E-state index contributed by atoms with van der Waals surface area (Å²) in [5.41, 5.74) is -0.641. The summed E-state index contributed by atoms with van der Waals surface area (Å²) in [6.07, 6.45) is 6.95. The molecule has 0 heterocycles. The van der Waals surface area contributed by atoms with Crippen LogP contribution in [0, 0.1) is 11.3 Å². The molecule has 3 nitrogen and oxygen atoms in total. The fourth-order valence-corrected chi connectivity index (χ4v) is 3.57. The highest BCUT2D eigenvalue weighted by atomic mass is 16.4. The minimum Gasteiger partial charge on any atom is -0.481 e. The van der Waals surface area contributed by atoms with E-state index < -0.39 is 11.4 Å². The number of carboxylic acid groups (broad SMARTS) is 1. The highest BCUT2D eigenvalue weighted by Crippen LogP contribution is 2.36. The van der Waals surface area contributed by atoms with Gasteiger partial charge in [-0.15, -0.1) is 0 Å². The van der Waals surface area contributed by atoms with Gasteiger partial charge in [0.25, 0.3) is 0 Å². The van der Waals surface area contributed by atoms with Crippen molar-refractivity contribution in [2.24, 2.45) is 11.3 Å². The van der Waals surface area contributed by atoms with Gasteiger partial charge in [0.05, 0.1) is 5.41 Å². The minimum atomic E-state index is -0.657. The fourth-order valence-electron chi connectivity index (χ4n) is 3.57. The lowest BCUT2D eigenvalue weighted by molar-refractivity contribution is -0.154. The normalized spacial score (nSPS) is 22.7. The summed E-state index contributed by atoms with van der Waals surface area (Å²) in [6.45, 7) is 8.09. The molecule has 0 bridgehead atoms. The molecule has 1 saturated carbocycles. The summed E-state index contributed by atoms with van der Waals surface area (Å²) < 4.78 is 0. The van der Waals surface area contributed by atoms with E-state index in [2.05, 4.69) is 5.32 Å². The summed E-state index contributed by atoms with van der Waals surface area (Å²) in [7, 11) is 0. The zero-order chi connectivity index (χ0) is 13.8. The average molecular weight is 255 g/mol. The SMILES string of the molecule is CCC(C(=O)O)(C(C)C)C(C)NC1CCCCC1. The van der Waals surface area contributed by atoms with Gasteiger partial charge >= 0.3 is 5.97 Å². The standard InChI is InChI=1S/C15H29NO2/c1-5-15(11(2)3,14(17)18)12(4)16-13-9-7-6-8-10-13/h11-13,16H,5-10H2,1-4H3,(H,17,18). The molecule has 1 fully saturated rings. The maximum absolute atomic E-state index is 11.7. The fraction of sp³-hybridized carbons (Fsp3) is 0.933. The first-order valence-corrected chi connectivity index (χ1v) is 7.44. The zero-order valence-corrected chi connectivity index (χ0v) is 12.3. The van der Waals surface area contributed by atoms with Gasteiger partial charge in [-0.05, 0) is 32.1 Å². The third-order valence-electron chi connectivity index (χ3n) is 4.88. The van der Waals surface area contributed by atoms with Crippen LogP contribution in [-0.2, 0) is 4.79 Å². The van der Waals surface area contributed by atoms with Crippen LogP contribution in [0.4, 0.5) is 0 Å². The monoisotopic (exact) mass is 255 g/mol. The number of hydrogen-bond acceptors (Lipinski definition) is 2. The van der Waals surface area contributed by atoms with Gasteiger partial charge in [0.2, 0.25) is 0 Å². The molecule has 2 N–H and O–H groups in total.